The molecule has 164 valence electrons. The van der Waals surface area contributed by atoms with E-state index in [0.717, 1.165) is 42.3 Å². The predicted octanol–water partition coefficient (Wildman–Crippen LogP) is 1.13. The van der Waals surface area contributed by atoms with E-state index in [1.54, 1.807) is 6.20 Å². The first-order valence-electron chi connectivity index (χ1n) is 10.9. The minimum Gasteiger partial charge on any atom is -0.368 e. The van der Waals surface area contributed by atoms with Crippen LogP contribution in [0, 0.1) is 13.8 Å². The number of pyridine rings is 2. The maximum absolute atomic E-state index is 13.0. The van der Waals surface area contributed by atoms with Gasteiger partial charge >= 0.3 is 0 Å². The zero-order valence-electron chi connectivity index (χ0n) is 18.3. The number of nitrogens with zero attached hydrogens (tertiary/aromatic N) is 5. The molecule has 4 rings (SSSR count). The van der Waals surface area contributed by atoms with Crippen LogP contribution in [0.1, 0.15) is 23.4 Å². The number of carbonyl (C=O) groups is 2. The minimum atomic E-state index is -0.440. The Hall–Kier alpha value is -3.00. The summed E-state index contributed by atoms with van der Waals surface area (Å²) in [5, 5.41) is 2.91. The molecule has 0 spiro atoms. The highest BCUT2D eigenvalue weighted by atomic mass is 16.2. The van der Waals surface area contributed by atoms with Gasteiger partial charge in [-0.2, -0.15) is 0 Å². The van der Waals surface area contributed by atoms with Crippen molar-refractivity contribution in [2.24, 2.45) is 0 Å². The van der Waals surface area contributed by atoms with Gasteiger partial charge in [0, 0.05) is 75.3 Å². The average molecular weight is 423 g/mol. The van der Waals surface area contributed by atoms with E-state index in [-0.39, 0.29) is 18.2 Å². The van der Waals surface area contributed by atoms with Crippen molar-refractivity contribution in [1.29, 1.82) is 0 Å². The van der Waals surface area contributed by atoms with Crippen molar-refractivity contribution < 1.29 is 9.59 Å². The summed E-state index contributed by atoms with van der Waals surface area (Å²) in [4.78, 5) is 40.5. The molecular formula is C23H30N6O2. The highest BCUT2D eigenvalue weighted by Crippen LogP contribution is 2.20. The molecule has 0 bridgehead atoms. The maximum Gasteiger partial charge on any atom is 0.237 e. The first-order chi connectivity index (χ1) is 15.0. The fraction of sp³-hybridized carbons (Fsp3) is 0.478. The molecule has 4 heterocycles. The molecule has 0 saturated carbocycles. The van der Waals surface area contributed by atoms with Gasteiger partial charge in [-0.15, -0.1) is 0 Å². The number of hydrogen-bond acceptors (Lipinski definition) is 6. The number of amides is 2. The van der Waals surface area contributed by atoms with Gasteiger partial charge in [0.2, 0.25) is 11.8 Å². The first-order valence-corrected chi connectivity index (χ1v) is 10.9. The van der Waals surface area contributed by atoms with E-state index in [2.05, 4.69) is 37.2 Å². The quantitative estimate of drug-likeness (QED) is 0.778. The molecule has 31 heavy (non-hydrogen) atoms. The third-order valence-corrected chi connectivity index (χ3v) is 5.98. The predicted molar refractivity (Wildman–Crippen MR) is 119 cm³/mol. The Morgan fingerprint density at radius 3 is 2.55 bits per heavy atom. The van der Waals surface area contributed by atoms with E-state index in [1.807, 2.05) is 37.1 Å². The van der Waals surface area contributed by atoms with Gasteiger partial charge in [0.1, 0.15) is 0 Å². The normalized spacial score (nSPS) is 19.9. The van der Waals surface area contributed by atoms with Crippen molar-refractivity contribution in [1.82, 2.24) is 25.1 Å². The lowest BCUT2D eigenvalue weighted by molar-refractivity contribution is -0.139. The second-order valence-corrected chi connectivity index (χ2v) is 8.32. The van der Waals surface area contributed by atoms with E-state index in [0.29, 0.717) is 26.2 Å². The Kier molecular flexibility index (Phi) is 6.46. The molecular weight excluding hydrogens is 392 g/mol. The van der Waals surface area contributed by atoms with Crippen LogP contribution in [0.15, 0.2) is 36.7 Å². The van der Waals surface area contributed by atoms with Crippen LogP contribution in [-0.4, -0.2) is 76.9 Å². The number of rotatable bonds is 5. The van der Waals surface area contributed by atoms with Gasteiger partial charge in [-0.3, -0.25) is 24.5 Å². The Morgan fingerprint density at radius 1 is 1.13 bits per heavy atom. The van der Waals surface area contributed by atoms with Crippen LogP contribution in [0.5, 0.6) is 0 Å². The molecule has 2 amide bonds. The molecule has 0 aliphatic carbocycles. The minimum absolute atomic E-state index is 0.0416. The van der Waals surface area contributed by atoms with E-state index in [4.69, 9.17) is 0 Å². The van der Waals surface area contributed by atoms with Crippen molar-refractivity contribution in [2.75, 3.05) is 44.2 Å². The van der Waals surface area contributed by atoms with Crippen LogP contribution < -0.4 is 10.2 Å². The fourth-order valence-corrected chi connectivity index (χ4v) is 4.40. The van der Waals surface area contributed by atoms with Gasteiger partial charge in [-0.25, -0.2) is 0 Å². The monoisotopic (exact) mass is 422 g/mol. The van der Waals surface area contributed by atoms with Crippen LogP contribution in [0.3, 0.4) is 0 Å². The number of aryl methyl sites for hydroxylation is 2. The number of carbonyl (C=O) groups excluding carboxylic acids is 2. The van der Waals surface area contributed by atoms with E-state index in [9.17, 15) is 9.59 Å². The smallest absolute Gasteiger partial charge is 0.237 e. The largest absolute Gasteiger partial charge is 0.368 e. The standard InChI is InChI=1S/C23H30N6O2/c1-17-12-20(13-18(2)26-17)27-8-10-28(11-9-27)22(30)14-21-23(31)25-6-7-29(21)16-19-4-3-5-24-15-19/h3-5,12-13,15,21H,6-11,14,16H2,1-2H3,(H,25,31)/t21-/m0/s1. The summed E-state index contributed by atoms with van der Waals surface area (Å²) in [7, 11) is 0. The van der Waals surface area contributed by atoms with Gasteiger partial charge in [-0.05, 0) is 37.6 Å². The summed E-state index contributed by atoms with van der Waals surface area (Å²) >= 11 is 0. The highest BCUT2D eigenvalue weighted by Gasteiger charge is 2.33. The van der Waals surface area contributed by atoms with E-state index >= 15 is 0 Å². The van der Waals surface area contributed by atoms with Crippen molar-refractivity contribution >= 4 is 17.5 Å². The van der Waals surface area contributed by atoms with Gasteiger partial charge in [0.15, 0.2) is 0 Å². The Labute approximate surface area is 183 Å². The first kappa shape index (κ1) is 21.2. The summed E-state index contributed by atoms with van der Waals surface area (Å²) in [6, 6.07) is 7.63. The molecule has 2 aromatic rings. The van der Waals surface area contributed by atoms with E-state index in [1.165, 1.54) is 0 Å². The SMILES string of the molecule is Cc1cc(N2CCN(C(=O)C[C@H]3C(=O)NCCN3Cc3cccnc3)CC2)cc(C)n1. The fourth-order valence-electron chi connectivity index (χ4n) is 4.40. The molecule has 2 fully saturated rings. The maximum atomic E-state index is 13.0. The third-order valence-electron chi connectivity index (χ3n) is 5.98. The summed E-state index contributed by atoms with van der Waals surface area (Å²) in [5.41, 5.74) is 4.22. The lowest BCUT2D eigenvalue weighted by Crippen LogP contribution is -2.57. The average Bonchev–Trinajstić information content (AvgIpc) is 2.76. The molecule has 2 aromatic heterocycles. The van der Waals surface area contributed by atoms with Gasteiger partial charge in [-0.1, -0.05) is 6.07 Å². The van der Waals surface area contributed by atoms with Gasteiger partial charge in [0.25, 0.3) is 0 Å². The topological polar surface area (TPSA) is 81.7 Å². The van der Waals surface area contributed by atoms with Crippen molar-refractivity contribution in [2.45, 2.75) is 32.9 Å². The zero-order valence-corrected chi connectivity index (χ0v) is 18.3. The molecule has 1 atom stereocenters. The zero-order chi connectivity index (χ0) is 21.8. The van der Waals surface area contributed by atoms with Crippen molar-refractivity contribution in [3.8, 4) is 0 Å². The molecule has 0 radical (unpaired) electrons. The molecule has 2 aliphatic rings. The molecule has 8 nitrogen and oxygen atoms in total. The summed E-state index contributed by atoms with van der Waals surface area (Å²) in [5.74, 6) is -0.0233. The Morgan fingerprint density at radius 2 is 1.87 bits per heavy atom. The lowest BCUT2D eigenvalue weighted by Gasteiger charge is -2.39. The van der Waals surface area contributed by atoms with Crippen molar-refractivity contribution in [3.05, 3.63) is 53.6 Å². The summed E-state index contributed by atoms with van der Waals surface area (Å²) in [6.45, 7) is 8.85. The third kappa shape index (κ3) is 5.19. The van der Waals surface area contributed by atoms with Crippen LogP contribution in [0.2, 0.25) is 0 Å². The Bertz CT molecular complexity index is 907. The number of piperazine rings is 2. The van der Waals surface area contributed by atoms with Crippen molar-refractivity contribution in [3.63, 3.8) is 0 Å². The number of anilines is 1. The van der Waals surface area contributed by atoms with E-state index < -0.39 is 6.04 Å². The molecule has 2 aliphatic heterocycles. The summed E-state index contributed by atoms with van der Waals surface area (Å²) < 4.78 is 0. The van der Waals surface area contributed by atoms with Gasteiger partial charge in [0.05, 0.1) is 12.5 Å². The second-order valence-electron chi connectivity index (χ2n) is 8.32. The molecule has 0 unspecified atom stereocenters. The summed E-state index contributed by atoms with van der Waals surface area (Å²) in [6.07, 6.45) is 3.76. The molecule has 0 aromatic carbocycles. The van der Waals surface area contributed by atoms with Crippen LogP contribution in [-0.2, 0) is 16.1 Å². The highest BCUT2D eigenvalue weighted by molar-refractivity contribution is 5.89. The van der Waals surface area contributed by atoms with Crippen LogP contribution >= 0.6 is 0 Å². The van der Waals surface area contributed by atoms with Gasteiger partial charge < -0.3 is 15.1 Å². The van der Waals surface area contributed by atoms with Crippen LogP contribution in [0.25, 0.3) is 0 Å². The Balaban J connectivity index is 1.36. The van der Waals surface area contributed by atoms with Crippen LogP contribution in [0.4, 0.5) is 5.69 Å². The lowest BCUT2D eigenvalue weighted by atomic mass is 10.1. The second kappa shape index (κ2) is 9.43. The molecule has 1 N–H and O–H groups in total. The molecule has 2 saturated heterocycles. The number of nitrogens with one attached hydrogen (secondary N) is 1. The molecule has 8 heteroatoms. The number of aromatic nitrogens is 2. The number of hydrogen-bond donors (Lipinski definition) is 1.